The highest BCUT2D eigenvalue weighted by Gasteiger charge is 2.28. The van der Waals surface area contributed by atoms with Crippen LogP contribution in [0.2, 0.25) is 0 Å². The molecule has 1 aliphatic heterocycles. The molecule has 0 atom stereocenters. The highest BCUT2D eigenvalue weighted by Crippen LogP contribution is 2.54. The molecule has 6 aromatic rings. The molecular weight excluding hydrogens is 775 g/mol. The zero-order chi connectivity index (χ0) is 40.3. The third kappa shape index (κ3) is 9.73. The average molecular weight is 824 g/mol. The van der Waals surface area contributed by atoms with Gasteiger partial charge >= 0.3 is 5.97 Å². The van der Waals surface area contributed by atoms with Crippen LogP contribution in [0.1, 0.15) is 97.9 Å². The number of aliphatic carboxylic acids is 1. The number of fused-ring (bicyclic) bond motifs is 1. The molecule has 1 N–H and O–H groups in total. The average Bonchev–Trinajstić information content (AvgIpc) is 3.98. The Morgan fingerprint density at radius 1 is 0.672 bits per heavy atom. The van der Waals surface area contributed by atoms with Gasteiger partial charge in [0.15, 0.2) is 11.5 Å². The number of nitrogens with zero attached hydrogens (tertiary/aromatic N) is 1. The number of nitriles is 1. The lowest BCUT2D eigenvalue weighted by molar-refractivity contribution is -0.132. The normalized spacial score (nSPS) is 12.3. The Kier molecular flexibility index (Phi) is 14.1. The van der Waals surface area contributed by atoms with Gasteiger partial charge in [0.25, 0.3) is 0 Å². The quantitative estimate of drug-likeness (QED) is 0.0404. The van der Waals surface area contributed by atoms with E-state index in [1.54, 1.807) is 11.3 Å². The molecule has 58 heavy (non-hydrogen) atoms. The summed E-state index contributed by atoms with van der Waals surface area (Å²) in [4.78, 5) is 18.2. The van der Waals surface area contributed by atoms with Gasteiger partial charge in [-0.2, -0.15) is 5.26 Å². The summed E-state index contributed by atoms with van der Waals surface area (Å²) in [6.07, 6.45) is 15.2. The first kappa shape index (κ1) is 41.0. The van der Waals surface area contributed by atoms with Gasteiger partial charge in [-0.15, -0.1) is 34.0 Å². The molecule has 8 heteroatoms. The van der Waals surface area contributed by atoms with Crippen molar-refractivity contribution in [3.8, 4) is 47.5 Å². The first-order valence-corrected chi connectivity index (χ1v) is 22.9. The van der Waals surface area contributed by atoms with Gasteiger partial charge in [0.1, 0.15) is 24.9 Å². The molecule has 3 aromatic carbocycles. The molecule has 4 heterocycles. The second-order valence-electron chi connectivity index (χ2n) is 14.6. The van der Waals surface area contributed by atoms with Crippen LogP contribution < -0.4 is 9.47 Å². The Labute approximate surface area is 354 Å². The smallest absolute Gasteiger partial charge is 0.346 e. The van der Waals surface area contributed by atoms with Crippen molar-refractivity contribution in [2.24, 2.45) is 0 Å². The SMILES string of the molecule is CCCCCCc1cc(-c2sc(-c3sc(/C=C(/C#N)C(=O)O)c4c3OCCO4)cc2CCCCCC)sc1-c1ccc(C=C(c2ccccc2)c2ccccc2)cc1. The lowest BCUT2D eigenvalue weighted by Crippen LogP contribution is -2.14. The van der Waals surface area contributed by atoms with Crippen molar-refractivity contribution in [1.29, 1.82) is 5.26 Å². The minimum absolute atomic E-state index is 0.331. The molecule has 0 saturated heterocycles. The Balaban J connectivity index is 1.28. The maximum atomic E-state index is 11.8. The molecule has 5 nitrogen and oxygen atoms in total. The topological polar surface area (TPSA) is 79.6 Å². The van der Waals surface area contributed by atoms with Crippen molar-refractivity contribution in [3.05, 3.63) is 135 Å². The van der Waals surface area contributed by atoms with Gasteiger partial charge < -0.3 is 14.6 Å². The van der Waals surface area contributed by atoms with Crippen molar-refractivity contribution in [2.45, 2.75) is 78.1 Å². The van der Waals surface area contributed by atoms with Crippen molar-refractivity contribution in [2.75, 3.05) is 13.2 Å². The van der Waals surface area contributed by atoms with E-state index >= 15 is 0 Å². The molecule has 0 amide bonds. The van der Waals surface area contributed by atoms with Crippen molar-refractivity contribution in [1.82, 2.24) is 0 Å². The number of hydrogen-bond acceptors (Lipinski definition) is 7. The zero-order valence-corrected chi connectivity index (χ0v) is 35.7. The number of rotatable bonds is 18. The second-order valence-corrected chi connectivity index (χ2v) is 17.7. The first-order valence-electron chi connectivity index (χ1n) is 20.4. The number of benzene rings is 3. The number of carboxylic acid groups (broad SMARTS) is 1. The molecule has 3 aromatic heterocycles. The molecule has 0 spiro atoms. The molecule has 0 saturated carbocycles. The number of carbonyl (C=O) groups is 1. The van der Waals surface area contributed by atoms with Crippen molar-refractivity contribution >= 4 is 57.7 Å². The fraction of sp³-hybridized carbons (Fsp3) is 0.280. The van der Waals surface area contributed by atoms with Gasteiger partial charge in [0, 0.05) is 19.5 Å². The fourth-order valence-corrected chi connectivity index (χ4v) is 11.2. The molecule has 296 valence electrons. The highest BCUT2D eigenvalue weighted by molar-refractivity contribution is 7.27. The van der Waals surface area contributed by atoms with E-state index in [1.165, 1.54) is 104 Å². The monoisotopic (exact) mass is 823 g/mol. The largest absolute Gasteiger partial charge is 0.485 e. The summed E-state index contributed by atoms with van der Waals surface area (Å²) in [5.41, 5.74) is 8.38. The van der Waals surface area contributed by atoms with E-state index in [-0.39, 0.29) is 5.57 Å². The zero-order valence-electron chi connectivity index (χ0n) is 33.2. The predicted octanol–water partition coefficient (Wildman–Crippen LogP) is 14.5. The van der Waals surface area contributed by atoms with E-state index < -0.39 is 5.97 Å². The maximum absolute atomic E-state index is 11.8. The molecule has 0 unspecified atom stereocenters. The van der Waals surface area contributed by atoms with E-state index in [2.05, 4.69) is 117 Å². The lowest BCUT2D eigenvalue weighted by Gasteiger charge is -2.16. The van der Waals surface area contributed by atoms with Crippen LogP contribution in [0.15, 0.2) is 103 Å². The number of ether oxygens (including phenoxy) is 2. The van der Waals surface area contributed by atoms with Crippen LogP contribution in [0.4, 0.5) is 0 Å². The van der Waals surface area contributed by atoms with Gasteiger partial charge in [0.05, 0.1) is 9.75 Å². The third-order valence-electron chi connectivity index (χ3n) is 10.4. The second kappa shape index (κ2) is 20.0. The van der Waals surface area contributed by atoms with Crippen LogP contribution in [0.25, 0.3) is 47.7 Å². The number of carboxylic acids is 1. The summed E-state index contributed by atoms with van der Waals surface area (Å²) in [5, 5.41) is 19.1. The molecule has 1 aliphatic rings. The van der Waals surface area contributed by atoms with Crippen LogP contribution in [0.3, 0.4) is 0 Å². The molecule has 0 bridgehead atoms. The van der Waals surface area contributed by atoms with Gasteiger partial charge in [-0.3, -0.25) is 0 Å². The van der Waals surface area contributed by atoms with Crippen LogP contribution in [0, 0.1) is 11.3 Å². The maximum Gasteiger partial charge on any atom is 0.346 e. The molecule has 0 fully saturated rings. The standard InChI is InChI=1S/C50H49NO4S3/c1-3-5-7-11-21-38-30-43(57-47(38)37-25-23-34(24-26-37)29-41(35-17-13-9-14-18-35)36-19-15-10-16-20-36)48-39(22-12-8-6-4-2)31-44(58-48)49-46-45(54-27-28-55-46)42(56-49)32-40(33-51)50(52)53/h9-10,13-20,23-26,29-32H,3-8,11-12,21-22,27-28H2,1-2H3,(H,52,53)/b40-32-. The van der Waals surface area contributed by atoms with E-state index in [0.717, 1.165) is 41.0 Å². The predicted molar refractivity (Wildman–Crippen MR) is 244 cm³/mol. The summed E-state index contributed by atoms with van der Waals surface area (Å²) in [5.74, 6) is -0.105. The van der Waals surface area contributed by atoms with Crippen molar-refractivity contribution < 1.29 is 19.4 Å². The van der Waals surface area contributed by atoms with Gasteiger partial charge in [-0.1, -0.05) is 137 Å². The van der Waals surface area contributed by atoms with Crippen LogP contribution >= 0.6 is 34.0 Å². The van der Waals surface area contributed by atoms with Crippen LogP contribution in [-0.2, 0) is 17.6 Å². The van der Waals surface area contributed by atoms with Crippen molar-refractivity contribution in [3.63, 3.8) is 0 Å². The Morgan fingerprint density at radius 3 is 1.79 bits per heavy atom. The molecular formula is C50H49NO4S3. The van der Waals surface area contributed by atoms with Gasteiger partial charge in [-0.05, 0) is 88.9 Å². The Hall–Kier alpha value is -5.20. The number of thiophene rings is 3. The van der Waals surface area contributed by atoms with E-state index in [0.29, 0.717) is 29.6 Å². The number of aryl methyl sites for hydroxylation is 2. The van der Waals surface area contributed by atoms with Gasteiger partial charge in [-0.25, -0.2) is 4.79 Å². The highest BCUT2D eigenvalue weighted by atomic mass is 32.1. The Bertz CT molecular complexity index is 2370. The summed E-state index contributed by atoms with van der Waals surface area (Å²) < 4.78 is 12.2. The summed E-state index contributed by atoms with van der Waals surface area (Å²) in [6, 6.07) is 36.8. The number of unbranched alkanes of at least 4 members (excludes halogenated alkanes) is 6. The fourth-order valence-electron chi connectivity index (χ4n) is 7.36. The van der Waals surface area contributed by atoms with Gasteiger partial charge in [0.2, 0.25) is 0 Å². The van der Waals surface area contributed by atoms with Crippen LogP contribution in [0.5, 0.6) is 11.5 Å². The first-order chi connectivity index (χ1) is 28.5. The van der Waals surface area contributed by atoms with E-state index in [1.807, 2.05) is 17.4 Å². The minimum atomic E-state index is -1.26. The minimum Gasteiger partial charge on any atom is -0.485 e. The summed E-state index contributed by atoms with van der Waals surface area (Å²) in [6.45, 7) is 5.29. The Morgan fingerprint density at radius 2 is 1.22 bits per heavy atom. The number of hydrogen-bond donors (Lipinski definition) is 1. The molecule has 0 radical (unpaired) electrons. The third-order valence-corrected chi connectivity index (χ3v) is 14.2. The summed E-state index contributed by atoms with van der Waals surface area (Å²) in [7, 11) is 0. The van der Waals surface area contributed by atoms with E-state index in [4.69, 9.17) is 9.47 Å². The van der Waals surface area contributed by atoms with Crippen LogP contribution in [-0.4, -0.2) is 24.3 Å². The van der Waals surface area contributed by atoms with E-state index in [9.17, 15) is 15.2 Å². The summed E-state index contributed by atoms with van der Waals surface area (Å²) >= 11 is 5.10. The molecule has 0 aliphatic carbocycles. The molecule has 7 rings (SSSR count). The lowest BCUT2D eigenvalue weighted by atomic mass is 9.95.